The van der Waals surface area contributed by atoms with Crippen molar-refractivity contribution in [2.45, 2.75) is 24.5 Å². The third-order valence-electron chi connectivity index (χ3n) is 2.46. The summed E-state index contributed by atoms with van der Waals surface area (Å²) < 4.78 is 23.3. The average Bonchev–Trinajstić information content (AvgIpc) is 2.69. The predicted octanol–water partition coefficient (Wildman–Crippen LogP) is 0.444. The summed E-state index contributed by atoms with van der Waals surface area (Å²) in [5.41, 5.74) is 1.48. The Labute approximate surface area is 97.0 Å². The van der Waals surface area contributed by atoms with Crippen LogP contribution in [0, 0.1) is 0 Å². The van der Waals surface area contributed by atoms with Crippen LogP contribution in [0.25, 0.3) is 0 Å². The monoisotopic (exact) mass is 261 g/mol. The van der Waals surface area contributed by atoms with Gasteiger partial charge >= 0.3 is 0 Å². The number of amides is 1. The van der Waals surface area contributed by atoms with E-state index in [0.29, 0.717) is 18.0 Å². The second kappa shape index (κ2) is 4.46. The summed E-state index contributed by atoms with van der Waals surface area (Å²) in [6.45, 7) is 0. The summed E-state index contributed by atoms with van der Waals surface area (Å²) in [6.07, 6.45) is 1.81. The molecule has 0 radical (unpaired) electrons. The Morgan fingerprint density at radius 3 is 2.94 bits per heavy atom. The number of nitrogens with zero attached hydrogens (tertiary/aromatic N) is 2. The lowest BCUT2D eigenvalue weighted by molar-refractivity contribution is -0.116. The minimum Gasteiger partial charge on any atom is -0.299 e. The zero-order chi connectivity index (χ0) is 11.6. The lowest BCUT2D eigenvalue weighted by atomic mass is 10.2. The fourth-order valence-corrected chi connectivity index (χ4v) is 3.91. The van der Waals surface area contributed by atoms with Gasteiger partial charge in [-0.15, -0.1) is 10.2 Å². The highest BCUT2D eigenvalue weighted by Gasteiger charge is 2.35. The number of aromatic nitrogens is 2. The smallest absolute Gasteiger partial charge is 0.244 e. The van der Waals surface area contributed by atoms with E-state index in [-0.39, 0.29) is 5.75 Å². The first-order valence-electron chi connectivity index (χ1n) is 4.88. The summed E-state index contributed by atoms with van der Waals surface area (Å²) in [4.78, 5) is 11.7. The van der Waals surface area contributed by atoms with Crippen molar-refractivity contribution < 1.29 is 13.2 Å². The van der Waals surface area contributed by atoms with Crippen molar-refractivity contribution in [2.75, 3.05) is 11.1 Å². The SMILES string of the molecule is O=C(Nc1nncs1)[C@@H]1CCCCS1(=O)=O. The topological polar surface area (TPSA) is 89.0 Å². The molecule has 0 aliphatic carbocycles. The number of hydrogen-bond donors (Lipinski definition) is 1. The molecule has 1 N–H and O–H groups in total. The van der Waals surface area contributed by atoms with Crippen LogP contribution in [0.2, 0.25) is 0 Å². The highest BCUT2D eigenvalue weighted by atomic mass is 32.2. The van der Waals surface area contributed by atoms with Gasteiger partial charge in [-0.1, -0.05) is 17.8 Å². The van der Waals surface area contributed by atoms with E-state index in [1.807, 2.05) is 0 Å². The van der Waals surface area contributed by atoms with Crippen LogP contribution in [-0.2, 0) is 14.6 Å². The quantitative estimate of drug-likeness (QED) is 0.834. The molecular formula is C8H11N3O3S2. The first kappa shape index (κ1) is 11.5. The van der Waals surface area contributed by atoms with E-state index < -0.39 is 21.0 Å². The molecule has 0 unspecified atom stereocenters. The second-order valence-corrected chi connectivity index (χ2v) is 6.72. The van der Waals surface area contributed by atoms with Crippen molar-refractivity contribution in [1.29, 1.82) is 0 Å². The Balaban J connectivity index is 2.09. The molecular weight excluding hydrogens is 250 g/mol. The van der Waals surface area contributed by atoms with E-state index in [1.165, 1.54) is 16.8 Å². The van der Waals surface area contributed by atoms with Crippen molar-refractivity contribution >= 4 is 32.2 Å². The van der Waals surface area contributed by atoms with Crippen LogP contribution in [0.15, 0.2) is 5.51 Å². The molecule has 0 saturated carbocycles. The van der Waals surface area contributed by atoms with Crippen molar-refractivity contribution in [1.82, 2.24) is 10.2 Å². The fraction of sp³-hybridized carbons (Fsp3) is 0.625. The number of sulfone groups is 1. The van der Waals surface area contributed by atoms with Gasteiger partial charge in [0.2, 0.25) is 11.0 Å². The van der Waals surface area contributed by atoms with Gasteiger partial charge in [-0.05, 0) is 12.8 Å². The second-order valence-electron chi connectivity index (χ2n) is 3.58. The Morgan fingerprint density at radius 2 is 2.31 bits per heavy atom. The Bertz CT molecular complexity index is 469. The number of nitrogens with one attached hydrogen (secondary N) is 1. The van der Waals surface area contributed by atoms with Gasteiger partial charge in [0, 0.05) is 0 Å². The van der Waals surface area contributed by atoms with Crippen LogP contribution < -0.4 is 5.32 Å². The van der Waals surface area contributed by atoms with Gasteiger partial charge in [-0.3, -0.25) is 10.1 Å². The maximum absolute atomic E-state index is 11.7. The largest absolute Gasteiger partial charge is 0.299 e. The van der Waals surface area contributed by atoms with Crippen LogP contribution in [0.5, 0.6) is 0 Å². The molecule has 2 rings (SSSR count). The molecule has 0 spiro atoms. The molecule has 1 aromatic rings. The minimum atomic E-state index is -3.28. The molecule has 1 atom stereocenters. The molecule has 0 aromatic carbocycles. The molecule has 1 aromatic heterocycles. The highest BCUT2D eigenvalue weighted by molar-refractivity contribution is 7.92. The van der Waals surface area contributed by atoms with Gasteiger partial charge in [0.25, 0.3) is 0 Å². The highest BCUT2D eigenvalue weighted by Crippen LogP contribution is 2.21. The van der Waals surface area contributed by atoms with Gasteiger partial charge in [-0.2, -0.15) is 0 Å². The van der Waals surface area contributed by atoms with Crippen LogP contribution in [0.3, 0.4) is 0 Å². The standard InChI is InChI=1S/C8H11N3O3S2/c12-7(10-8-11-9-5-15-8)6-3-1-2-4-16(6,13)14/h5-6H,1-4H2,(H,10,11,12)/t6-/m0/s1. The average molecular weight is 261 g/mol. The summed E-state index contributed by atoms with van der Waals surface area (Å²) in [5.74, 6) is -0.391. The Hall–Kier alpha value is -1.02. The van der Waals surface area contributed by atoms with Crippen molar-refractivity contribution in [2.24, 2.45) is 0 Å². The number of rotatable bonds is 2. The minimum absolute atomic E-state index is 0.0984. The molecule has 2 heterocycles. The lowest BCUT2D eigenvalue weighted by Gasteiger charge is -2.20. The molecule has 1 amide bonds. The van der Waals surface area contributed by atoms with E-state index in [0.717, 1.165) is 6.42 Å². The van der Waals surface area contributed by atoms with Crippen LogP contribution >= 0.6 is 11.3 Å². The zero-order valence-corrected chi connectivity index (χ0v) is 10.1. The number of carbonyl (C=O) groups is 1. The molecule has 8 heteroatoms. The van der Waals surface area contributed by atoms with Crippen molar-refractivity contribution in [3.63, 3.8) is 0 Å². The van der Waals surface area contributed by atoms with Gasteiger partial charge in [-0.25, -0.2) is 8.42 Å². The molecule has 88 valence electrons. The molecule has 1 aliphatic heterocycles. The van der Waals surface area contributed by atoms with Crippen LogP contribution in [0.4, 0.5) is 5.13 Å². The first-order chi connectivity index (χ1) is 7.59. The third kappa shape index (κ3) is 2.38. The van der Waals surface area contributed by atoms with Crippen molar-refractivity contribution in [3.8, 4) is 0 Å². The maximum Gasteiger partial charge on any atom is 0.244 e. The van der Waals surface area contributed by atoms with E-state index in [1.54, 1.807) is 0 Å². The Morgan fingerprint density at radius 1 is 1.50 bits per heavy atom. The lowest BCUT2D eigenvalue weighted by Crippen LogP contribution is -2.39. The van der Waals surface area contributed by atoms with Crippen LogP contribution in [-0.4, -0.2) is 35.5 Å². The molecule has 6 nitrogen and oxygen atoms in total. The summed E-state index contributed by atoms with van der Waals surface area (Å²) >= 11 is 1.17. The van der Waals surface area contributed by atoms with Gasteiger partial charge in [0.15, 0.2) is 9.84 Å². The van der Waals surface area contributed by atoms with Crippen molar-refractivity contribution in [3.05, 3.63) is 5.51 Å². The van der Waals surface area contributed by atoms with Gasteiger partial charge in [0.05, 0.1) is 5.75 Å². The number of carbonyl (C=O) groups excluding carboxylic acids is 1. The van der Waals surface area contributed by atoms with Gasteiger partial charge < -0.3 is 0 Å². The third-order valence-corrected chi connectivity index (χ3v) is 5.24. The van der Waals surface area contributed by atoms with E-state index in [2.05, 4.69) is 15.5 Å². The summed E-state index contributed by atoms with van der Waals surface area (Å²) in [5, 5.41) is 9.09. The normalized spacial score (nSPS) is 23.9. The first-order valence-corrected chi connectivity index (χ1v) is 7.48. The molecule has 0 bridgehead atoms. The molecule has 1 fully saturated rings. The molecule has 1 saturated heterocycles. The molecule has 1 aliphatic rings. The van der Waals surface area contributed by atoms with Crippen LogP contribution in [0.1, 0.15) is 19.3 Å². The molecule has 16 heavy (non-hydrogen) atoms. The maximum atomic E-state index is 11.7. The van der Waals surface area contributed by atoms with E-state index >= 15 is 0 Å². The summed E-state index contributed by atoms with van der Waals surface area (Å²) in [7, 11) is -3.28. The number of anilines is 1. The number of hydrogen-bond acceptors (Lipinski definition) is 6. The van der Waals surface area contributed by atoms with Gasteiger partial charge in [0.1, 0.15) is 10.8 Å². The zero-order valence-electron chi connectivity index (χ0n) is 8.42. The Kier molecular flexibility index (Phi) is 3.20. The van der Waals surface area contributed by atoms with E-state index in [9.17, 15) is 13.2 Å². The predicted molar refractivity (Wildman–Crippen MR) is 60.0 cm³/mol. The fourth-order valence-electron chi connectivity index (χ4n) is 1.66. The summed E-state index contributed by atoms with van der Waals surface area (Å²) in [6, 6.07) is 0. The van der Waals surface area contributed by atoms with E-state index in [4.69, 9.17) is 0 Å².